The van der Waals surface area contributed by atoms with Gasteiger partial charge in [0.2, 0.25) is 0 Å². The molecule has 2 nitrogen and oxygen atoms in total. The van der Waals surface area contributed by atoms with Crippen LogP contribution in [0, 0.1) is 0 Å². The van der Waals surface area contributed by atoms with Crippen molar-refractivity contribution in [2.24, 2.45) is 0 Å². The van der Waals surface area contributed by atoms with Crippen molar-refractivity contribution < 1.29 is 0 Å². The van der Waals surface area contributed by atoms with Gasteiger partial charge in [0.1, 0.15) is 0 Å². The summed E-state index contributed by atoms with van der Waals surface area (Å²) in [6.45, 7) is 4.70. The van der Waals surface area contributed by atoms with E-state index in [1.165, 1.54) is 93.8 Å². The zero-order valence-electron chi connectivity index (χ0n) is 29.7. The zero-order chi connectivity index (χ0) is 35.3. The molecule has 0 bridgehead atoms. The molecule has 53 heavy (non-hydrogen) atoms. The number of rotatable bonds is 4. The van der Waals surface area contributed by atoms with Gasteiger partial charge in [-0.25, -0.2) is 0 Å². The van der Waals surface area contributed by atoms with E-state index in [0.29, 0.717) is 0 Å². The van der Waals surface area contributed by atoms with Gasteiger partial charge >= 0.3 is 0 Å². The molecule has 2 heterocycles. The Morgan fingerprint density at radius 1 is 0.340 bits per heavy atom. The molecule has 8 aromatic carbocycles. The van der Waals surface area contributed by atoms with Gasteiger partial charge in [-0.1, -0.05) is 147 Å². The second-order valence-corrected chi connectivity index (χ2v) is 15.0. The summed E-state index contributed by atoms with van der Waals surface area (Å²) in [6, 6.07) is 67.0. The number of para-hydroxylation sites is 2. The van der Waals surface area contributed by atoms with Crippen LogP contribution in [0.5, 0.6) is 0 Å². The third-order valence-corrected chi connectivity index (χ3v) is 11.7. The van der Waals surface area contributed by atoms with E-state index in [1.807, 2.05) is 0 Å². The summed E-state index contributed by atoms with van der Waals surface area (Å²) in [4.78, 5) is 0. The van der Waals surface area contributed by atoms with Crippen LogP contribution in [0.3, 0.4) is 0 Å². The van der Waals surface area contributed by atoms with Gasteiger partial charge in [-0.05, 0) is 93.0 Å². The van der Waals surface area contributed by atoms with Crippen LogP contribution in [0.25, 0.3) is 88.4 Å². The summed E-state index contributed by atoms with van der Waals surface area (Å²) in [7, 11) is 0. The standard InChI is InChI=1S/C51H36N2/c1-51(2)43-20-9-6-17-39(43)42-32-38(27-28-44(42)51)53-46-22-11-8-19-41(46)50-48(53)30-29-47-49(50)40-18-7-10-21-45(40)52(47)37-16-12-15-36(31-37)35-25-23-34(24-26-35)33-13-4-3-5-14-33/h3-32H,1-2H3. The highest BCUT2D eigenvalue weighted by Crippen LogP contribution is 2.50. The van der Waals surface area contributed by atoms with Crippen LogP contribution >= 0.6 is 0 Å². The summed E-state index contributed by atoms with van der Waals surface area (Å²) in [6.07, 6.45) is 0. The summed E-state index contributed by atoms with van der Waals surface area (Å²) < 4.78 is 4.93. The lowest BCUT2D eigenvalue weighted by atomic mass is 9.82. The van der Waals surface area contributed by atoms with E-state index in [4.69, 9.17) is 0 Å². The van der Waals surface area contributed by atoms with E-state index in [-0.39, 0.29) is 5.41 Å². The maximum atomic E-state index is 2.48. The normalized spacial score (nSPS) is 13.2. The first-order valence-corrected chi connectivity index (χ1v) is 18.5. The van der Waals surface area contributed by atoms with E-state index in [0.717, 1.165) is 5.69 Å². The van der Waals surface area contributed by atoms with E-state index in [2.05, 4.69) is 205 Å². The second-order valence-electron chi connectivity index (χ2n) is 15.0. The van der Waals surface area contributed by atoms with E-state index < -0.39 is 0 Å². The minimum absolute atomic E-state index is 0.0256. The highest BCUT2D eigenvalue weighted by Gasteiger charge is 2.35. The van der Waals surface area contributed by atoms with E-state index in [1.54, 1.807) is 0 Å². The number of aromatic nitrogens is 2. The summed E-state index contributed by atoms with van der Waals surface area (Å²) in [5, 5.41) is 5.11. The SMILES string of the molecule is CC1(C)c2ccccc2-c2cc(-n3c4ccccc4c4c5c6ccccc6n(-c6cccc(-c7ccc(-c8ccccc8)cc7)c6)c5ccc43)ccc21. The predicted molar refractivity (Wildman–Crippen MR) is 224 cm³/mol. The fraction of sp³-hybridized carbons (Fsp3) is 0.0588. The Labute approximate surface area is 308 Å². The maximum absolute atomic E-state index is 2.48. The lowest BCUT2D eigenvalue weighted by Crippen LogP contribution is -2.14. The first-order valence-electron chi connectivity index (χ1n) is 18.5. The lowest BCUT2D eigenvalue weighted by Gasteiger charge is -2.21. The highest BCUT2D eigenvalue weighted by atomic mass is 15.0. The molecular formula is C51H36N2. The van der Waals surface area contributed by atoms with Crippen LogP contribution in [0.15, 0.2) is 182 Å². The molecule has 250 valence electrons. The topological polar surface area (TPSA) is 9.86 Å². The Morgan fingerprint density at radius 2 is 0.849 bits per heavy atom. The third-order valence-electron chi connectivity index (χ3n) is 11.7. The highest BCUT2D eigenvalue weighted by molar-refractivity contribution is 6.29. The van der Waals surface area contributed by atoms with Crippen molar-refractivity contribution in [3.05, 3.63) is 193 Å². The molecular weight excluding hydrogens is 641 g/mol. The minimum Gasteiger partial charge on any atom is -0.309 e. The molecule has 0 spiro atoms. The molecule has 1 aliphatic rings. The Bertz CT molecular complexity index is 3060. The third kappa shape index (κ3) is 4.33. The van der Waals surface area contributed by atoms with Gasteiger partial charge in [0, 0.05) is 38.3 Å². The Hall–Kier alpha value is -6.64. The van der Waals surface area contributed by atoms with Crippen LogP contribution in [0.1, 0.15) is 25.0 Å². The van der Waals surface area contributed by atoms with Crippen molar-refractivity contribution in [1.82, 2.24) is 9.13 Å². The first-order chi connectivity index (χ1) is 26.1. The fourth-order valence-electron chi connectivity index (χ4n) is 9.23. The quantitative estimate of drug-likeness (QED) is 0.176. The van der Waals surface area contributed by atoms with E-state index >= 15 is 0 Å². The maximum Gasteiger partial charge on any atom is 0.0548 e. The van der Waals surface area contributed by atoms with Crippen LogP contribution in [0.4, 0.5) is 0 Å². The average molecular weight is 677 g/mol. The molecule has 0 atom stereocenters. The Morgan fingerprint density at radius 3 is 1.53 bits per heavy atom. The molecule has 10 aromatic rings. The average Bonchev–Trinajstić information content (AvgIpc) is 3.81. The Balaban J connectivity index is 1.12. The van der Waals surface area contributed by atoms with Gasteiger partial charge in [-0.3, -0.25) is 0 Å². The van der Waals surface area contributed by atoms with Gasteiger partial charge in [0.15, 0.2) is 0 Å². The van der Waals surface area contributed by atoms with Crippen molar-refractivity contribution in [2.45, 2.75) is 19.3 Å². The van der Waals surface area contributed by atoms with Crippen molar-refractivity contribution in [3.8, 4) is 44.8 Å². The van der Waals surface area contributed by atoms with Crippen molar-refractivity contribution in [3.63, 3.8) is 0 Å². The molecule has 2 heteroatoms. The molecule has 0 amide bonds. The smallest absolute Gasteiger partial charge is 0.0548 e. The van der Waals surface area contributed by atoms with Crippen LogP contribution < -0.4 is 0 Å². The second kappa shape index (κ2) is 11.2. The van der Waals surface area contributed by atoms with Gasteiger partial charge in [0.25, 0.3) is 0 Å². The number of benzene rings is 8. The zero-order valence-corrected chi connectivity index (χ0v) is 29.7. The Kier molecular flexibility index (Phi) is 6.33. The molecule has 0 unspecified atom stereocenters. The number of hydrogen-bond acceptors (Lipinski definition) is 0. The molecule has 0 saturated heterocycles. The monoisotopic (exact) mass is 676 g/mol. The first kappa shape index (κ1) is 30.0. The molecule has 0 N–H and O–H groups in total. The van der Waals surface area contributed by atoms with E-state index in [9.17, 15) is 0 Å². The summed E-state index contributed by atoms with van der Waals surface area (Å²) in [5.41, 5.74) is 17.5. The van der Waals surface area contributed by atoms with Gasteiger partial charge < -0.3 is 9.13 Å². The predicted octanol–water partition coefficient (Wildman–Crippen LogP) is 13.5. The van der Waals surface area contributed by atoms with Gasteiger partial charge in [0.05, 0.1) is 22.1 Å². The molecule has 2 aromatic heterocycles. The molecule has 0 aliphatic heterocycles. The molecule has 0 saturated carbocycles. The number of hydrogen-bond donors (Lipinski definition) is 0. The molecule has 11 rings (SSSR count). The minimum atomic E-state index is -0.0256. The molecule has 0 radical (unpaired) electrons. The van der Waals surface area contributed by atoms with Gasteiger partial charge in [-0.2, -0.15) is 0 Å². The summed E-state index contributed by atoms with van der Waals surface area (Å²) in [5.74, 6) is 0. The van der Waals surface area contributed by atoms with Crippen LogP contribution in [0.2, 0.25) is 0 Å². The van der Waals surface area contributed by atoms with Crippen LogP contribution in [-0.4, -0.2) is 9.13 Å². The number of fused-ring (bicyclic) bond motifs is 10. The van der Waals surface area contributed by atoms with Crippen molar-refractivity contribution in [1.29, 1.82) is 0 Å². The van der Waals surface area contributed by atoms with Crippen molar-refractivity contribution >= 4 is 43.6 Å². The largest absolute Gasteiger partial charge is 0.309 e. The lowest BCUT2D eigenvalue weighted by molar-refractivity contribution is 0.660. The van der Waals surface area contributed by atoms with Crippen molar-refractivity contribution in [2.75, 3.05) is 0 Å². The number of nitrogens with zero attached hydrogens (tertiary/aromatic N) is 2. The molecule has 1 aliphatic carbocycles. The molecule has 0 fully saturated rings. The van der Waals surface area contributed by atoms with Gasteiger partial charge in [-0.15, -0.1) is 0 Å². The van der Waals surface area contributed by atoms with Crippen LogP contribution in [-0.2, 0) is 5.41 Å². The summed E-state index contributed by atoms with van der Waals surface area (Å²) >= 11 is 0. The fourth-order valence-corrected chi connectivity index (χ4v) is 9.23.